The van der Waals surface area contributed by atoms with Crippen LogP contribution in [-0.2, 0) is 6.54 Å². The Bertz CT molecular complexity index is 914. The largest absolute Gasteiger partial charge is 0.493 e. The summed E-state index contributed by atoms with van der Waals surface area (Å²) < 4.78 is 35.8. The fourth-order valence-electron chi connectivity index (χ4n) is 2.49. The minimum absolute atomic E-state index is 0.0442. The van der Waals surface area contributed by atoms with Crippen LogP contribution in [0.2, 0.25) is 0 Å². The molecule has 3 aromatic rings. The van der Waals surface area contributed by atoms with Crippen LogP contribution < -0.4 is 14.8 Å². The zero-order valence-electron chi connectivity index (χ0n) is 14.4. The highest BCUT2D eigenvalue weighted by Crippen LogP contribution is 2.29. The normalized spacial score (nSPS) is 10.7. The van der Waals surface area contributed by atoms with E-state index in [2.05, 4.69) is 15.2 Å². The van der Waals surface area contributed by atoms with Gasteiger partial charge in [-0.05, 0) is 23.8 Å². The van der Waals surface area contributed by atoms with E-state index in [1.54, 1.807) is 10.9 Å². The molecule has 0 aliphatic heterocycles. The average molecular weight is 373 g/mol. The first-order valence-electron chi connectivity index (χ1n) is 8.06. The Kier molecular flexibility index (Phi) is 5.65. The number of amides is 1. The number of methoxy groups -OCH3 is 1. The van der Waals surface area contributed by atoms with E-state index < -0.39 is 12.5 Å². The van der Waals surface area contributed by atoms with Gasteiger partial charge >= 0.3 is 6.61 Å². The van der Waals surface area contributed by atoms with E-state index in [9.17, 15) is 13.6 Å². The number of nitrogens with one attached hydrogen (secondary N) is 1. The van der Waals surface area contributed by atoms with E-state index in [0.717, 1.165) is 5.56 Å². The Morgan fingerprint density at radius 1 is 1.19 bits per heavy atom. The number of alkyl halides is 2. The number of halogens is 2. The number of anilines is 1. The van der Waals surface area contributed by atoms with Crippen molar-refractivity contribution >= 4 is 11.6 Å². The van der Waals surface area contributed by atoms with Crippen LogP contribution in [0.5, 0.6) is 11.5 Å². The number of carbonyl (C=O) groups excluding carboxylic acids is 1. The van der Waals surface area contributed by atoms with Crippen molar-refractivity contribution in [1.29, 1.82) is 0 Å². The number of carbonyl (C=O) groups is 1. The van der Waals surface area contributed by atoms with E-state index in [-0.39, 0.29) is 17.1 Å². The summed E-state index contributed by atoms with van der Waals surface area (Å²) in [5.74, 6) is -0.515. The zero-order valence-corrected chi connectivity index (χ0v) is 14.4. The van der Waals surface area contributed by atoms with E-state index in [0.29, 0.717) is 12.2 Å². The molecule has 3 rings (SSSR count). The Balaban J connectivity index is 1.68. The molecule has 2 aromatic carbocycles. The van der Waals surface area contributed by atoms with Gasteiger partial charge in [0.1, 0.15) is 0 Å². The molecule has 0 aliphatic carbocycles. The van der Waals surface area contributed by atoms with Crippen LogP contribution in [0.25, 0.3) is 0 Å². The van der Waals surface area contributed by atoms with Crippen LogP contribution in [0.1, 0.15) is 15.9 Å². The maximum Gasteiger partial charge on any atom is 0.387 e. The molecule has 140 valence electrons. The van der Waals surface area contributed by atoms with Gasteiger partial charge in [-0.1, -0.05) is 30.3 Å². The highest BCUT2D eigenvalue weighted by Gasteiger charge is 2.15. The van der Waals surface area contributed by atoms with Gasteiger partial charge in [-0.15, -0.1) is 0 Å². The maximum absolute atomic E-state index is 12.4. The van der Waals surface area contributed by atoms with Gasteiger partial charge in [0.2, 0.25) is 0 Å². The summed E-state index contributed by atoms with van der Waals surface area (Å²) in [6, 6.07) is 13.8. The molecule has 1 amide bonds. The first kappa shape index (κ1) is 18.4. The highest BCUT2D eigenvalue weighted by atomic mass is 19.3. The zero-order chi connectivity index (χ0) is 19.2. The lowest BCUT2D eigenvalue weighted by Gasteiger charge is -2.11. The molecule has 0 saturated carbocycles. The summed E-state index contributed by atoms with van der Waals surface area (Å²) in [7, 11) is 1.31. The lowest BCUT2D eigenvalue weighted by molar-refractivity contribution is -0.0512. The number of hydrogen-bond acceptors (Lipinski definition) is 4. The lowest BCUT2D eigenvalue weighted by Crippen LogP contribution is -2.12. The van der Waals surface area contributed by atoms with E-state index >= 15 is 0 Å². The lowest BCUT2D eigenvalue weighted by atomic mass is 10.2. The summed E-state index contributed by atoms with van der Waals surface area (Å²) in [6.45, 7) is -2.40. The van der Waals surface area contributed by atoms with Gasteiger partial charge in [-0.3, -0.25) is 9.48 Å². The number of rotatable bonds is 7. The number of aromatic nitrogens is 2. The molecule has 0 aliphatic rings. The van der Waals surface area contributed by atoms with Gasteiger partial charge in [0.15, 0.2) is 11.5 Å². The van der Waals surface area contributed by atoms with Crippen LogP contribution in [0.4, 0.5) is 14.5 Å². The Morgan fingerprint density at radius 3 is 2.67 bits per heavy atom. The van der Waals surface area contributed by atoms with Gasteiger partial charge in [-0.2, -0.15) is 13.9 Å². The van der Waals surface area contributed by atoms with Crippen molar-refractivity contribution in [3.8, 4) is 11.5 Å². The molecular formula is C19H17F2N3O3. The van der Waals surface area contributed by atoms with Crippen molar-refractivity contribution in [3.63, 3.8) is 0 Å². The number of ether oxygens (including phenoxy) is 2. The van der Waals surface area contributed by atoms with Crippen molar-refractivity contribution in [2.45, 2.75) is 13.2 Å². The van der Waals surface area contributed by atoms with Crippen molar-refractivity contribution in [1.82, 2.24) is 9.78 Å². The monoisotopic (exact) mass is 373 g/mol. The second-order valence-electron chi connectivity index (χ2n) is 5.61. The first-order chi connectivity index (χ1) is 13.0. The topological polar surface area (TPSA) is 65.4 Å². The maximum atomic E-state index is 12.4. The van der Waals surface area contributed by atoms with Crippen LogP contribution in [0.15, 0.2) is 60.9 Å². The van der Waals surface area contributed by atoms with Gasteiger partial charge in [0.05, 0.1) is 25.5 Å². The van der Waals surface area contributed by atoms with Crippen molar-refractivity contribution < 1.29 is 23.0 Å². The summed E-state index contributed by atoms with van der Waals surface area (Å²) in [6.07, 6.45) is 3.24. The van der Waals surface area contributed by atoms with E-state index in [4.69, 9.17) is 4.74 Å². The standard InChI is InChI=1S/C19H17F2N3O3/c1-26-17-9-14(7-8-16(17)27-19(20)21)18(25)23-15-10-22-24(12-15)11-13-5-3-2-4-6-13/h2-10,12,19H,11H2,1H3,(H,23,25). The summed E-state index contributed by atoms with van der Waals surface area (Å²) >= 11 is 0. The van der Waals surface area contributed by atoms with E-state index in [1.165, 1.54) is 31.5 Å². The van der Waals surface area contributed by atoms with Crippen LogP contribution in [0, 0.1) is 0 Å². The molecule has 0 fully saturated rings. The van der Waals surface area contributed by atoms with Gasteiger partial charge in [-0.25, -0.2) is 0 Å². The highest BCUT2D eigenvalue weighted by molar-refractivity contribution is 6.04. The van der Waals surface area contributed by atoms with Crippen molar-refractivity contribution in [2.75, 3.05) is 12.4 Å². The SMILES string of the molecule is COc1cc(C(=O)Nc2cnn(Cc3ccccc3)c2)ccc1OC(F)F. The minimum Gasteiger partial charge on any atom is -0.493 e. The van der Waals surface area contributed by atoms with Gasteiger partial charge in [0.25, 0.3) is 5.91 Å². The summed E-state index contributed by atoms with van der Waals surface area (Å²) in [4.78, 5) is 12.4. The molecule has 0 bridgehead atoms. The quantitative estimate of drug-likeness (QED) is 0.684. The van der Waals surface area contributed by atoms with Crippen LogP contribution in [0.3, 0.4) is 0 Å². The Hall–Kier alpha value is -3.42. The van der Waals surface area contributed by atoms with E-state index in [1.807, 2.05) is 30.3 Å². The van der Waals surface area contributed by atoms with Gasteiger partial charge in [0, 0.05) is 11.8 Å². The molecule has 0 saturated heterocycles. The third kappa shape index (κ3) is 4.81. The summed E-state index contributed by atoms with van der Waals surface area (Å²) in [5, 5.41) is 6.92. The van der Waals surface area contributed by atoms with Crippen molar-refractivity contribution in [2.24, 2.45) is 0 Å². The molecule has 8 heteroatoms. The average Bonchev–Trinajstić information content (AvgIpc) is 3.09. The molecule has 0 atom stereocenters. The molecule has 27 heavy (non-hydrogen) atoms. The third-order valence-corrected chi connectivity index (χ3v) is 3.72. The summed E-state index contributed by atoms with van der Waals surface area (Å²) in [5.41, 5.74) is 1.84. The number of hydrogen-bond donors (Lipinski definition) is 1. The van der Waals surface area contributed by atoms with Crippen LogP contribution >= 0.6 is 0 Å². The molecule has 1 heterocycles. The third-order valence-electron chi connectivity index (χ3n) is 3.72. The molecule has 0 unspecified atom stereocenters. The fraction of sp³-hybridized carbons (Fsp3) is 0.158. The molecule has 1 N–H and O–H groups in total. The predicted octanol–water partition coefficient (Wildman–Crippen LogP) is 3.79. The molecule has 1 aromatic heterocycles. The van der Waals surface area contributed by atoms with Gasteiger partial charge < -0.3 is 14.8 Å². The molecule has 0 radical (unpaired) electrons. The first-order valence-corrected chi connectivity index (χ1v) is 8.06. The second kappa shape index (κ2) is 8.31. The molecular weight excluding hydrogens is 356 g/mol. The second-order valence-corrected chi connectivity index (χ2v) is 5.61. The number of benzene rings is 2. The Labute approximate surface area is 154 Å². The predicted molar refractivity (Wildman–Crippen MR) is 95.4 cm³/mol. The fourth-order valence-corrected chi connectivity index (χ4v) is 2.49. The smallest absolute Gasteiger partial charge is 0.387 e. The number of nitrogens with zero attached hydrogens (tertiary/aromatic N) is 2. The molecule has 0 spiro atoms. The van der Waals surface area contributed by atoms with Crippen molar-refractivity contribution in [3.05, 3.63) is 72.1 Å². The molecule has 6 nitrogen and oxygen atoms in total. The Morgan fingerprint density at radius 2 is 1.96 bits per heavy atom. The minimum atomic E-state index is -2.98. The van der Waals surface area contributed by atoms with Crippen LogP contribution in [-0.4, -0.2) is 29.4 Å².